The zero-order chi connectivity index (χ0) is 10.3. The number of hydrogen-bond donors (Lipinski definition) is 1. The molecule has 0 rings (SSSR count). The zero-order valence-corrected chi connectivity index (χ0v) is 7.36. The van der Waals surface area contributed by atoms with Crippen molar-refractivity contribution in [3.05, 3.63) is 0 Å². The summed E-state index contributed by atoms with van der Waals surface area (Å²) in [4.78, 5) is 36.2. The summed E-state index contributed by atoms with van der Waals surface area (Å²) >= 11 is 0. The second kappa shape index (κ2) is 6.13. The predicted molar refractivity (Wildman–Crippen MR) is 43.0 cm³/mol. The van der Waals surface area contributed by atoms with Crippen molar-refractivity contribution in [2.24, 2.45) is 5.73 Å². The first kappa shape index (κ1) is 11.6. The second-order valence-corrected chi connectivity index (χ2v) is 2.24. The van der Waals surface area contributed by atoms with Gasteiger partial charge in [-0.05, 0) is 6.42 Å². The van der Waals surface area contributed by atoms with E-state index >= 15 is 0 Å². The number of nitrogens with two attached hydrogens (primary N) is 1. The number of imide groups is 1. The summed E-state index contributed by atoms with van der Waals surface area (Å²) in [6.07, 6.45) is 0.867. The van der Waals surface area contributed by atoms with Gasteiger partial charge in [0.2, 0.25) is 0 Å². The number of hydroxylamine groups is 2. The Labute approximate surface area is 75.6 Å². The van der Waals surface area contributed by atoms with E-state index in [1.165, 1.54) is 0 Å². The van der Waals surface area contributed by atoms with Crippen LogP contribution in [0.4, 0.5) is 0 Å². The van der Waals surface area contributed by atoms with Gasteiger partial charge >= 0.3 is 5.97 Å². The third kappa shape index (κ3) is 4.22. The van der Waals surface area contributed by atoms with Gasteiger partial charge in [0.05, 0.1) is 6.54 Å². The van der Waals surface area contributed by atoms with Gasteiger partial charge in [-0.15, -0.1) is 5.06 Å². The zero-order valence-electron chi connectivity index (χ0n) is 7.36. The molecule has 0 aliphatic heterocycles. The molecule has 0 spiro atoms. The van der Waals surface area contributed by atoms with Crippen LogP contribution in [0.3, 0.4) is 0 Å². The fourth-order valence-electron chi connectivity index (χ4n) is 0.602. The van der Waals surface area contributed by atoms with Crippen LogP contribution in [0.5, 0.6) is 0 Å². The molecule has 0 atom stereocenters. The molecule has 2 N–H and O–H groups in total. The quantitative estimate of drug-likeness (QED) is 0.460. The van der Waals surface area contributed by atoms with Crippen molar-refractivity contribution >= 4 is 18.3 Å². The Bertz CT molecular complexity index is 205. The molecule has 0 aromatic carbocycles. The lowest BCUT2D eigenvalue weighted by Gasteiger charge is -2.12. The summed E-state index contributed by atoms with van der Waals surface area (Å²) < 4.78 is 0. The molecule has 0 saturated heterocycles. The Morgan fingerprint density at radius 2 is 2.15 bits per heavy atom. The van der Waals surface area contributed by atoms with Crippen molar-refractivity contribution in [2.45, 2.75) is 19.8 Å². The molecule has 6 heteroatoms. The molecule has 2 amide bonds. The van der Waals surface area contributed by atoms with Gasteiger partial charge in [0.25, 0.3) is 12.3 Å². The maximum Gasteiger partial charge on any atom is 0.346 e. The maximum absolute atomic E-state index is 11.0. The normalized spacial score (nSPS) is 9.08. The van der Waals surface area contributed by atoms with E-state index in [1.807, 2.05) is 0 Å². The average molecular weight is 188 g/mol. The number of amides is 2. The van der Waals surface area contributed by atoms with Crippen molar-refractivity contribution in [1.29, 1.82) is 0 Å². The highest BCUT2D eigenvalue weighted by Crippen LogP contribution is 1.95. The molecule has 0 aromatic rings. The van der Waals surface area contributed by atoms with Crippen LogP contribution in [0, 0.1) is 0 Å². The molecule has 0 radical (unpaired) electrons. The molecule has 74 valence electrons. The maximum atomic E-state index is 11.0. The number of carbonyl (C=O) groups is 3. The highest BCUT2D eigenvalue weighted by Gasteiger charge is 2.15. The largest absolute Gasteiger partial charge is 0.346 e. The monoisotopic (exact) mass is 188 g/mol. The van der Waals surface area contributed by atoms with Crippen LogP contribution in [-0.4, -0.2) is 29.9 Å². The van der Waals surface area contributed by atoms with Gasteiger partial charge in [0, 0.05) is 6.42 Å². The molecule has 0 aromatic heterocycles. The van der Waals surface area contributed by atoms with Crippen LogP contribution in [0.25, 0.3) is 0 Å². The van der Waals surface area contributed by atoms with E-state index in [1.54, 1.807) is 6.92 Å². The van der Waals surface area contributed by atoms with E-state index in [0.717, 1.165) is 0 Å². The molecule has 6 nitrogen and oxygen atoms in total. The molecule has 0 heterocycles. The van der Waals surface area contributed by atoms with Crippen LogP contribution in [0.15, 0.2) is 0 Å². The first-order valence-electron chi connectivity index (χ1n) is 3.83. The topological polar surface area (TPSA) is 89.7 Å². The minimum atomic E-state index is -0.823. The fraction of sp³-hybridized carbons (Fsp3) is 0.571. The Hall–Kier alpha value is -1.43. The number of carbonyl (C=O) groups excluding carboxylic acids is 3. The fourth-order valence-corrected chi connectivity index (χ4v) is 0.602. The summed E-state index contributed by atoms with van der Waals surface area (Å²) in [6, 6.07) is 0. The van der Waals surface area contributed by atoms with Crippen LogP contribution in [0.2, 0.25) is 0 Å². The smallest absolute Gasteiger partial charge is 0.329 e. The third-order valence-electron chi connectivity index (χ3n) is 1.17. The highest BCUT2D eigenvalue weighted by molar-refractivity contribution is 5.86. The van der Waals surface area contributed by atoms with E-state index in [2.05, 4.69) is 4.84 Å². The average Bonchev–Trinajstić information content (AvgIpc) is 2.14. The summed E-state index contributed by atoms with van der Waals surface area (Å²) in [5, 5.41) is 0.360. The Balaban J connectivity index is 4.09. The lowest BCUT2D eigenvalue weighted by molar-refractivity contribution is -0.195. The number of nitrogens with zero attached hydrogens (tertiary/aromatic N) is 1. The van der Waals surface area contributed by atoms with Crippen molar-refractivity contribution in [3.8, 4) is 0 Å². The predicted octanol–water partition coefficient (Wildman–Crippen LogP) is -0.812. The molecular formula is C7H12N2O4. The van der Waals surface area contributed by atoms with Gasteiger partial charge in [-0.25, -0.2) is 4.79 Å². The Morgan fingerprint density at radius 1 is 1.54 bits per heavy atom. The first-order chi connectivity index (χ1) is 6.15. The highest BCUT2D eigenvalue weighted by atomic mass is 16.7. The van der Waals surface area contributed by atoms with E-state index in [9.17, 15) is 14.4 Å². The van der Waals surface area contributed by atoms with Crippen LogP contribution in [-0.2, 0) is 19.2 Å². The van der Waals surface area contributed by atoms with E-state index in [0.29, 0.717) is 11.5 Å². The standard InChI is InChI=1S/C7H12N2O4/c1-2-3-6(11)9(5-10)13-7(12)4-8/h5H,2-4,8H2,1H3. The van der Waals surface area contributed by atoms with Crippen molar-refractivity contribution in [1.82, 2.24) is 5.06 Å². The van der Waals surface area contributed by atoms with Crippen molar-refractivity contribution in [2.75, 3.05) is 6.54 Å². The van der Waals surface area contributed by atoms with Crippen LogP contribution in [0.1, 0.15) is 19.8 Å². The molecule has 0 unspecified atom stereocenters. The Kier molecular flexibility index (Phi) is 5.45. The lowest BCUT2D eigenvalue weighted by Crippen LogP contribution is -2.34. The molecule has 0 aliphatic carbocycles. The lowest BCUT2D eigenvalue weighted by atomic mass is 10.3. The van der Waals surface area contributed by atoms with Gasteiger partial charge in [0.15, 0.2) is 0 Å². The van der Waals surface area contributed by atoms with Gasteiger partial charge in [-0.3, -0.25) is 9.59 Å². The second-order valence-electron chi connectivity index (χ2n) is 2.24. The van der Waals surface area contributed by atoms with Crippen LogP contribution >= 0.6 is 0 Å². The molecule has 13 heavy (non-hydrogen) atoms. The van der Waals surface area contributed by atoms with Crippen molar-refractivity contribution < 1.29 is 19.2 Å². The molecule has 0 bridgehead atoms. The van der Waals surface area contributed by atoms with E-state index in [4.69, 9.17) is 5.73 Å². The minimum Gasteiger partial charge on any atom is -0.329 e. The summed E-state index contributed by atoms with van der Waals surface area (Å²) in [5.74, 6) is -1.38. The SMILES string of the molecule is CCCC(=O)N(C=O)OC(=O)CN. The summed E-state index contributed by atoms with van der Waals surface area (Å²) in [5.41, 5.74) is 4.92. The molecule has 0 saturated carbocycles. The van der Waals surface area contributed by atoms with Gasteiger partial charge in [0.1, 0.15) is 0 Å². The van der Waals surface area contributed by atoms with E-state index in [-0.39, 0.29) is 19.4 Å². The molecule has 0 aliphatic rings. The molecular weight excluding hydrogens is 176 g/mol. The number of rotatable bonds is 4. The van der Waals surface area contributed by atoms with Gasteiger partial charge < -0.3 is 10.6 Å². The van der Waals surface area contributed by atoms with Crippen molar-refractivity contribution in [3.63, 3.8) is 0 Å². The molecule has 0 fully saturated rings. The van der Waals surface area contributed by atoms with E-state index < -0.39 is 11.9 Å². The summed E-state index contributed by atoms with van der Waals surface area (Å²) in [6.45, 7) is 1.40. The Morgan fingerprint density at radius 3 is 2.54 bits per heavy atom. The minimum absolute atomic E-state index is 0.144. The van der Waals surface area contributed by atoms with Gasteiger partial charge in [-0.2, -0.15) is 0 Å². The number of hydrogen-bond acceptors (Lipinski definition) is 5. The van der Waals surface area contributed by atoms with Crippen LogP contribution < -0.4 is 5.73 Å². The first-order valence-corrected chi connectivity index (χ1v) is 3.83. The summed E-state index contributed by atoms with van der Waals surface area (Å²) in [7, 11) is 0. The van der Waals surface area contributed by atoms with Gasteiger partial charge in [-0.1, -0.05) is 6.92 Å². The third-order valence-corrected chi connectivity index (χ3v) is 1.17.